The summed E-state index contributed by atoms with van der Waals surface area (Å²) in [6.07, 6.45) is 0. The molecule has 1 saturated heterocycles. The van der Waals surface area contributed by atoms with Gasteiger partial charge < -0.3 is 15.3 Å². The van der Waals surface area contributed by atoms with Crippen molar-refractivity contribution in [1.29, 1.82) is 0 Å². The van der Waals surface area contributed by atoms with E-state index in [9.17, 15) is 23.9 Å². The molecule has 32 heavy (non-hydrogen) atoms. The molecular weight excluding hydrogens is 413 g/mol. The van der Waals surface area contributed by atoms with Gasteiger partial charge in [-0.15, -0.1) is 0 Å². The molecule has 8 heteroatoms. The van der Waals surface area contributed by atoms with E-state index in [1.807, 2.05) is 0 Å². The summed E-state index contributed by atoms with van der Waals surface area (Å²) in [4.78, 5) is 39.3. The van der Waals surface area contributed by atoms with Crippen molar-refractivity contribution in [1.82, 2.24) is 15.5 Å². The van der Waals surface area contributed by atoms with Crippen molar-refractivity contribution in [2.45, 2.75) is 12.1 Å². The highest BCUT2D eigenvalue weighted by Gasteiger charge is 2.50. The van der Waals surface area contributed by atoms with E-state index in [0.717, 1.165) is 11.1 Å². The predicted molar refractivity (Wildman–Crippen MR) is 113 cm³/mol. The summed E-state index contributed by atoms with van der Waals surface area (Å²) in [7, 11) is 0. The zero-order valence-corrected chi connectivity index (χ0v) is 16.8. The highest BCUT2D eigenvalue weighted by Crippen LogP contribution is 2.33. The number of phenolic OH excluding ortho intramolecular Hbond substituents is 1. The standard InChI is InChI=1S/C24H18FN3O4/c25-18-7-3-15(4-8-18)14-1-5-17(6-2-14)24(22(31)26-23(32)27-24)13-28-12-16-11-19(29)9-10-20(16)21(28)30/h1-11,29H,12-13H2,(H2,26,27,31,32)/t24-/m0/s1. The Bertz CT molecular complexity index is 1260. The first-order valence-electron chi connectivity index (χ1n) is 9.97. The zero-order chi connectivity index (χ0) is 22.5. The number of rotatable bonds is 4. The number of benzene rings is 3. The van der Waals surface area contributed by atoms with E-state index < -0.39 is 17.5 Å². The number of halogens is 1. The number of urea groups is 1. The Morgan fingerprint density at radius 3 is 2.22 bits per heavy atom. The Morgan fingerprint density at radius 2 is 1.59 bits per heavy atom. The van der Waals surface area contributed by atoms with Crippen LogP contribution in [0.5, 0.6) is 5.75 Å². The minimum atomic E-state index is -1.46. The Labute approximate surface area is 182 Å². The van der Waals surface area contributed by atoms with E-state index in [4.69, 9.17) is 0 Å². The van der Waals surface area contributed by atoms with Crippen LogP contribution >= 0.6 is 0 Å². The molecule has 0 radical (unpaired) electrons. The van der Waals surface area contributed by atoms with Crippen LogP contribution < -0.4 is 10.6 Å². The summed E-state index contributed by atoms with van der Waals surface area (Å²) in [6.45, 7) is 0.135. The Balaban J connectivity index is 1.48. The summed E-state index contributed by atoms with van der Waals surface area (Å²) in [6, 6.07) is 16.9. The maximum absolute atomic E-state index is 13.2. The Hall–Kier alpha value is -4.20. The second kappa shape index (κ2) is 7.19. The number of nitrogens with one attached hydrogen (secondary N) is 2. The number of amides is 4. The molecule has 3 N–H and O–H groups in total. The van der Waals surface area contributed by atoms with Gasteiger partial charge in [0, 0.05) is 12.1 Å². The van der Waals surface area contributed by atoms with Crippen LogP contribution in [0.25, 0.3) is 11.1 Å². The summed E-state index contributed by atoms with van der Waals surface area (Å²) in [5.41, 5.74) is 1.78. The second-order valence-corrected chi connectivity index (χ2v) is 7.90. The van der Waals surface area contributed by atoms with E-state index in [2.05, 4.69) is 10.6 Å². The van der Waals surface area contributed by atoms with Crippen LogP contribution in [0.1, 0.15) is 21.5 Å². The molecule has 5 rings (SSSR count). The lowest BCUT2D eigenvalue weighted by molar-refractivity contribution is -0.124. The lowest BCUT2D eigenvalue weighted by Crippen LogP contribution is -2.52. The van der Waals surface area contributed by atoms with E-state index in [0.29, 0.717) is 16.7 Å². The Morgan fingerprint density at radius 1 is 0.938 bits per heavy atom. The highest BCUT2D eigenvalue weighted by molar-refractivity contribution is 6.08. The molecule has 7 nitrogen and oxygen atoms in total. The average Bonchev–Trinajstić information content (AvgIpc) is 3.24. The number of imide groups is 1. The quantitative estimate of drug-likeness (QED) is 0.553. The largest absolute Gasteiger partial charge is 0.508 e. The molecular formula is C24H18FN3O4. The normalized spacial score (nSPS) is 19.7. The van der Waals surface area contributed by atoms with Gasteiger partial charge in [0.25, 0.3) is 11.8 Å². The highest BCUT2D eigenvalue weighted by atomic mass is 19.1. The average molecular weight is 431 g/mol. The molecule has 0 bridgehead atoms. The maximum atomic E-state index is 13.2. The molecule has 0 spiro atoms. The fourth-order valence-electron chi connectivity index (χ4n) is 4.27. The molecule has 3 aromatic rings. The molecule has 0 aliphatic carbocycles. The first-order valence-corrected chi connectivity index (χ1v) is 9.97. The zero-order valence-electron chi connectivity index (χ0n) is 16.8. The van der Waals surface area contributed by atoms with Gasteiger partial charge in [0.15, 0.2) is 5.54 Å². The van der Waals surface area contributed by atoms with Gasteiger partial charge >= 0.3 is 6.03 Å². The van der Waals surface area contributed by atoms with Crippen molar-refractivity contribution >= 4 is 17.8 Å². The van der Waals surface area contributed by atoms with E-state index in [1.54, 1.807) is 42.5 Å². The molecule has 3 aromatic carbocycles. The fourth-order valence-corrected chi connectivity index (χ4v) is 4.27. The lowest BCUT2D eigenvalue weighted by Gasteiger charge is -2.31. The van der Waals surface area contributed by atoms with Gasteiger partial charge in [-0.05, 0) is 52.6 Å². The van der Waals surface area contributed by atoms with Crippen LogP contribution in [-0.4, -0.2) is 34.4 Å². The molecule has 2 aliphatic rings. The molecule has 2 heterocycles. The summed E-state index contributed by atoms with van der Waals surface area (Å²) < 4.78 is 13.2. The summed E-state index contributed by atoms with van der Waals surface area (Å²) >= 11 is 0. The number of carbonyl (C=O) groups is 3. The van der Waals surface area contributed by atoms with Crippen molar-refractivity contribution in [3.63, 3.8) is 0 Å². The second-order valence-electron chi connectivity index (χ2n) is 7.90. The minimum Gasteiger partial charge on any atom is -0.508 e. The topological polar surface area (TPSA) is 98.7 Å². The first-order chi connectivity index (χ1) is 15.4. The van der Waals surface area contributed by atoms with Crippen LogP contribution in [-0.2, 0) is 16.9 Å². The van der Waals surface area contributed by atoms with Crippen molar-refractivity contribution in [3.05, 3.63) is 89.2 Å². The van der Waals surface area contributed by atoms with Gasteiger partial charge in [0.1, 0.15) is 11.6 Å². The van der Waals surface area contributed by atoms with Gasteiger partial charge in [-0.2, -0.15) is 0 Å². The first kappa shape index (κ1) is 19.7. The van der Waals surface area contributed by atoms with Gasteiger partial charge in [-0.25, -0.2) is 9.18 Å². The molecule has 1 fully saturated rings. The monoisotopic (exact) mass is 431 g/mol. The van der Waals surface area contributed by atoms with Gasteiger partial charge in [-0.3, -0.25) is 14.9 Å². The minimum absolute atomic E-state index is 0.0522. The molecule has 0 unspecified atom stereocenters. The van der Waals surface area contributed by atoms with Crippen molar-refractivity contribution in [2.24, 2.45) is 0 Å². The van der Waals surface area contributed by atoms with E-state index in [-0.39, 0.29) is 30.6 Å². The van der Waals surface area contributed by atoms with Gasteiger partial charge in [0.2, 0.25) is 0 Å². The number of fused-ring (bicyclic) bond motifs is 1. The van der Waals surface area contributed by atoms with Crippen LogP contribution in [0.15, 0.2) is 66.7 Å². The third-order valence-electron chi connectivity index (χ3n) is 5.89. The molecule has 2 aliphatic heterocycles. The molecule has 0 saturated carbocycles. The van der Waals surface area contributed by atoms with E-state index >= 15 is 0 Å². The van der Waals surface area contributed by atoms with Crippen molar-refractivity contribution < 1.29 is 23.9 Å². The molecule has 160 valence electrons. The van der Waals surface area contributed by atoms with Crippen molar-refractivity contribution in [2.75, 3.05) is 6.54 Å². The fraction of sp³-hybridized carbons (Fsp3) is 0.125. The predicted octanol–water partition coefficient (Wildman–Crippen LogP) is 2.89. The molecule has 0 aromatic heterocycles. The van der Waals surface area contributed by atoms with Crippen LogP contribution in [0.2, 0.25) is 0 Å². The van der Waals surface area contributed by atoms with Crippen molar-refractivity contribution in [3.8, 4) is 16.9 Å². The number of hydrogen-bond donors (Lipinski definition) is 3. The third-order valence-corrected chi connectivity index (χ3v) is 5.89. The number of phenols is 1. The Kier molecular flexibility index (Phi) is 4.44. The number of hydrogen-bond acceptors (Lipinski definition) is 4. The number of carbonyl (C=O) groups excluding carboxylic acids is 3. The number of nitrogens with zero attached hydrogens (tertiary/aromatic N) is 1. The maximum Gasteiger partial charge on any atom is 0.322 e. The molecule has 4 amide bonds. The number of aromatic hydroxyl groups is 1. The third kappa shape index (κ3) is 3.17. The van der Waals surface area contributed by atoms with E-state index in [1.165, 1.54) is 29.2 Å². The van der Waals surface area contributed by atoms with Crippen LogP contribution in [0.4, 0.5) is 9.18 Å². The summed E-state index contributed by atoms with van der Waals surface area (Å²) in [5, 5.41) is 14.7. The smallest absolute Gasteiger partial charge is 0.322 e. The van der Waals surface area contributed by atoms with Crippen LogP contribution in [0, 0.1) is 5.82 Å². The summed E-state index contributed by atoms with van der Waals surface area (Å²) in [5.74, 6) is -1.12. The molecule has 1 atom stereocenters. The lowest BCUT2D eigenvalue weighted by atomic mass is 9.88. The van der Waals surface area contributed by atoms with Gasteiger partial charge in [0.05, 0.1) is 6.54 Å². The SMILES string of the molecule is O=C1NC(=O)[C@](CN2Cc3cc(O)ccc3C2=O)(c2ccc(-c3ccc(F)cc3)cc2)N1. The van der Waals surface area contributed by atoms with Gasteiger partial charge in [-0.1, -0.05) is 36.4 Å². The van der Waals surface area contributed by atoms with Crippen LogP contribution in [0.3, 0.4) is 0 Å².